The Morgan fingerprint density at radius 3 is 2.84 bits per heavy atom. The molecule has 5 heteroatoms. The number of nitrogens with two attached hydrogens (primary N) is 1. The number of hydrogen-bond donors (Lipinski definition) is 1. The van der Waals surface area contributed by atoms with Crippen LogP contribution in [0.2, 0.25) is 5.02 Å². The standard InChI is InChI=1S/C14H21ClFN3/c1-18-6-7-19(2)14(9-18)13(17)8-10-11(15)4-3-5-12(10)16/h3-5,13-14H,6-9,17H2,1-2H3. The molecule has 0 aromatic heterocycles. The van der Waals surface area contributed by atoms with Crippen molar-refractivity contribution >= 4 is 11.6 Å². The molecule has 1 aliphatic rings. The third kappa shape index (κ3) is 3.45. The van der Waals surface area contributed by atoms with Crippen molar-refractivity contribution in [2.24, 2.45) is 5.73 Å². The van der Waals surface area contributed by atoms with E-state index in [0.29, 0.717) is 17.0 Å². The van der Waals surface area contributed by atoms with Gasteiger partial charge >= 0.3 is 0 Å². The van der Waals surface area contributed by atoms with E-state index in [2.05, 4.69) is 23.9 Å². The number of likely N-dealkylation sites (N-methyl/N-ethyl adjacent to an activating group) is 2. The second-order valence-corrected chi connectivity index (χ2v) is 5.79. The number of piperazine rings is 1. The minimum atomic E-state index is -0.269. The van der Waals surface area contributed by atoms with Crippen LogP contribution in [0.3, 0.4) is 0 Å². The predicted octanol–water partition coefficient (Wildman–Crippen LogP) is 1.59. The van der Waals surface area contributed by atoms with Gasteiger partial charge in [-0.15, -0.1) is 0 Å². The topological polar surface area (TPSA) is 32.5 Å². The molecule has 1 aliphatic heterocycles. The van der Waals surface area contributed by atoms with Crippen LogP contribution in [-0.4, -0.2) is 55.6 Å². The quantitative estimate of drug-likeness (QED) is 0.916. The first-order chi connectivity index (χ1) is 8.99. The van der Waals surface area contributed by atoms with E-state index in [1.165, 1.54) is 6.07 Å². The van der Waals surface area contributed by atoms with Crippen molar-refractivity contribution in [2.75, 3.05) is 33.7 Å². The second-order valence-electron chi connectivity index (χ2n) is 5.38. The van der Waals surface area contributed by atoms with Crippen LogP contribution in [0.5, 0.6) is 0 Å². The van der Waals surface area contributed by atoms with Crippen molar-refractivity contribution in [3.05, 3.63) is 34.6 Å². The molecule has 1 saturated heterocycles. The summed E-state index contributed by atoms with van der Waals surface area (Å²) >= 11 is 6.06. The highest BCUT2D eigenvalue weighted by molar-refractivity contribution is 6.31. The Morgan fingerprint density at radius 2 is 2.16 bits per heavy atom. The largest absolute Gasteiger partial charge is 0.326 e. The zero-order chi connectivity index (χ0) is 14.0. The highest BCUT2D eigenvalue weighted by atomic mass is 35.5. The fraction of sp³-hybridized carbons (Fsp3) is 0.571. The Kier molecular flexibility index (Phi) is 4.79. The van der Waals surface area contributed by atoms with Gasteiger partial charge in [-0.25, -0.2) is 4.39 Å². The lowest BCUT2D eigenvalue weighted by Crippen LogP contribution is -2.58. The summed E-state index contributed by atoms with van der Waals surface area (Å²) in [6.45, 7) is 2.93. The van der Waals surface area contributed by atoms with Gasteiger partial charge in [0.15, 0.2) is 0 Å². The van der Waals surface area contributed by atoms with Gasteiger partial charge in [-0.05, 0) is 32.6 Å². The number of rotatable bonds is 3. The highest BCUT2D eigenvalue weighted by Crippen LogP contribution is 2.22. The molecule has 0 amide bonds. The molecule has 1 heterocycles. The van der Waals surface area contributed by atoms with Crippen molar-refractivity contribution in [1.82, 2.24) is 9.80 Å². The van der Waals surface area contributed by atoms with Crippen molar-refractivity contribution in [1.29, 1.82) is 0 Å². The fourth-order valence-electron chi connectivity index (χ4n) is 2.61. The van der Waals surface area contributed by atoms with E-state index >= 15 is 0 Å². The highest BCUT2D eigenvalue weighted by Gasteiger charge is 2.28. The molecule has 1 aromatic rings. The summed E-state index contributed by atoms with van der Waals surface area (Å²) in [6, 6.07) is 4.87. The number of nitrogens with zero attached hydrogens (tertiary/aromatic N) is 2. The van der Waals surface area contributed by atoms with Gasteiger partial charge in [0.2, 0.25) is 0 Å². The van der Waals surface area contributed by atoms with Gasteiger partial charge < -0.3 is 10.6 Å². The molecule has 106 valence electrons. The molecule has 2 atom stereocenters. The first-order valence-electron chi connectivity index (χ1n) is 6.56. The molecule has 0 saturated carbocycles. The average molecular weight is 286 g/mol. The minimum Gasteiger partial charge on any atom is -0.326 e. The van der Waals surface area contributed by atoms with E-state index in [1.54, 1.807) is 12.1 Å². The number of benzene rings is 1. The van der Waals surface area contributed by atoms with Gasteiger partial charge in [0.25, 0.3) is 0 Å². The lowest BCUT2D eigenvalue weighted by molar-refractivity contribution is 0.0972. The zero-order valence-electron chi connectivity index (χ0n) is 11.4. The monoisotopic (exact) mass is 285 g/mol. The van der Waals surface area contributed by atoms with Crippen LogP contribution in [0.1, 0.15) is 5.56 Å². The fourth-order valence-corrected chi connectivity index (χ4v) is 2.85. The van der Waals surface area contributed by atoms with Crippen LogP contribution >= 0.6 is 11.6 Å². The Labute approximate surface area is 119 Å². The summed E-state index contributed by atoms with van der Waals surface area (Å²) in [7, 11) is 4.16. The molecule has 3 nitrogen and oxygen atoms in total. The zero-order valence-corrected chi connectivity index (χ0v) is 12.2. The Morgan fingerprint density at radius 1 is 1.42 bits per heavy atom. The van der Waals surface area contributed by atoms with Crippen molar-refractivity contribution in [2.45, 2.75) is 18.5 Å². The van der Waals surface area contributed by atoms with E-state index in [4.69, 9.17) is 17.3 Å². The number of halogens is 2. The second kappa shape index (κ2) is 6.18. The summed E-state index contributed by atoms with van der Waals surface area (Å²) in [5, 5.41) is 0.460. The van der Waals surface area contributed by atoms with E-state index < -0.39 is 0 Å². The molecular weight excluding hydrogens is 265 g/mol. The van der Waals surface area contributed by atoms with Crippen molar-refractivity contribution in [3.8, 4) is 0 Å². The van der Waals surface area contributed by atoms with Crippen LogP contribution in [0, 0.1) is 5.82 Å². The minimum absolute atomic E-state index is 0.123. The maximum atomic E-state index is 13.8. The lowest BCUT2D eigenvalue weighted by atomic mass is 9.97. The summed E-state index contributed by atoms with van der Waals surface area (Å²) in [6.07, 6.45) is 0.467. The normalized spacial score (nSPS) is 23.5. The SMILES string of the molecule is CN1CCN(C)C(C(N)Cc2c(F)cccc2Cl)C1. The van der Waals surface area contributed by atoms with Crippen LogP contribution in [0.4, 0.5) is 4.39 Å². The average Bonchev–Trinajstić information content (AvgIpc) is 2.37. The van der Waals surface area contributed by atoms with Crippen LogP contribution in [0.15, 0.2) is 18.2 Å². The summed E-state index contributed by atoms with van der Waals surface area (Å²) in [5.41, 5.74) is 6.80. The number of hydrogen-bond acceptors (Lipinski definition) is 3. The van der Waals surface area contributed by atoms with Gasteiger partial charge in [0.05, 0.1) is 0 Å². The van der Waals surface area contributed by atoms with E-state index in [-0.39, 0.29) is 17.9 Å². The Balaban J connectivity index is 2.10. The smallest absolute Gasteiger partial charge is 0.127 e. The molecule has 0 radical (unpaired) electrons. The van der Waals surface area contributed by atoms with Crippen molar-refractivity contribution < 1.29 is 4.39 Å². The summed E-state index contributed by atoms with van der Waals surface area (Å²) < 4.78 is 13.8. The Hall–Kier alpha value is -0.680. The van der Waals surface area contributed by atoms with E-state index in [9.17, 15) is 4.39 Å². The molecule has 19 heavy (non-hydrogen) atoms. The van der Waals surface area contributed by atoms with Crippen LogP contribution < -0.4 is 5.73 Å². The summed E-state index contributed by atoms with van der Waals surface area (Å²) in [4.78, 5) is 4.51. The van der Waals surface area contributed by atoms with E-state index in [1.807, 2.05) is 0 Å². The van der Waals surface area contributed by atoms with Crippen LogP contribution in [-0.2, 0) is 6.42 Å². The molecule has 0 aliphatic carbocycles. The molecule has 2 unspecified atom stereocenters. The first kappa shape index (κ1) is 14.7. The molecule has 1 fully saturated rings. The molecule has 0 spiro atoms. The van der Waals surface area contributed by atoms with Gasteiger partial charge in [-0.1, -0.05) is 17.7 Å². The van der Waals surface area contributed by atoms with Gasteiger partial charge in [-0.3, -0.25) is 4.90 Å². The van der Waals surface area contributed by atoms with Gasteiger partial charge in [0, 0.05) is 42.3 Å². The molecule has 2 rings (SSSR count). The molecule has 2 N–H and O–H groups in total. The van der Waals surface area contributed by atoms with Crippen LogP contribution in [0.25, 0.3) is 0 Å². The molecule has 1 aromatic carbocycles. The summed E-state index contributed by atoms with van der Waals surface area (Å²) in [5.74, 6) is -0.269. The third-order valence-electron chi connectivity index (χ3n) is 3.90. The first-order valence-corrected chi connectivity index (χ1v) is 6.94. The maximum Gasteiger partial charge on any atom is 0.127 e. The van der Waals surface area contributed by atoms with Gasteiger partial charge in [-0.2, -0.15) is 0 Å². The lowest BCUT2D eigenvalue weighted by Gasteiger charge is -2.40. The predicted molar refractivity (Wildman–Crippen MR) is 77.0 cm³/mol. The van der Waals surface area contributed by atoms with Gasteiger partial charge in [0.1, 0.15) is 5.82 Å². The Bertz CT molecular complexity index is 420. The maximum absolute atomic E-state index is 13.8. The van der Waals surface area contributed by atoms with E-state index in [0.717, 1.165) is 19.6 Å². The molecular formula is C14H21ClFN3. The van der Waals surface area contributed by atoms with Crippen molar-refractivity contribution in [3.63, 3.8) is 0 Å². The third-order valence-corrected chi connectivity index (χ3v) is 4.25. The molecule has 0 bridgehead atoms.